The fourth-order valence-electron chi connectivity index (χ4n) is 2.72. The molecule has 0 aliphatic carbocycles. The van der Waals surface area contributed by atoms with Crippen molar-refractivity contribution in [2.45, 2.75) is 0 Å². The van der Waals surface area contributed by atoms with E-state index < -0.39 is 0 Å². The molecular weight excluding hydrogens is 280 g/mol. The summed E-state index contributed by atoms with van der Waals surface area (Å²) >= 11 is 0. The Balaban J connectivity index is 1.76. The third-order valence-electron chi connectivity index (χ3n) is 3.86. The summed E-state index contributed by atoms with van der Waals surface area (Å²) < 4.78 is 7.20. The maximum absolute atomic E-state index is 9.70. The molecule has 0 unspecified atom stereocenters. The number of morpholine rings is 1. The normalized spacial score (nSPS) is 15.4. The van der Waals surface area contributed by atoms with Gasteiger partial charge in [0, 0.05) is 36.8 Å². The number of ether oxygens (including phenoxy) is 1. The van der Waals surface area contributed by atoms with E-state index >= 15 is 0 Å². The third-order valence-corrected chi connectivity index (χ3v) is 3.86. The Kier molecular flexibility index (Phi) is 3.16. The average Bonchev–Trinajstić information content (AvgIpc) is 2.99. The maximum atomic E-state index is 9.70. The Morgan fingerprint density at radius 2 is 1.95 bits per heavy atom. The molecule has 2 aromatic heterocycles. The Hall–Kier alpha value is -2.60. The van der Waals surface area contributed by atoms with Crippen LogP contribution in [0.15, 0.2) is 42.7 Å². The number of aromatic nitrogens is 3. The molecular formula is C16H16N4O2. The van der Waals surface area contributed by atoms with Gasteiger partial charge in [-0.05, 0) is 18.2 Å². The number of pyridine rings is 1. The SMILES string of the molecule is Oc1ccc2cnn(-c3ccnc(N4CCOCC4)c3)c2c1. The van der Waals surface area contributed by atoms with Crippen LogP contribution in [0.3, 0.4) is 0 Å². The zero-order valence-electron chi connectivity index (χ0n) is 12.0. The quantitative estimate of drug-likeness (QED) is 0.783. The molecule has 0 bridgehead atoms. The van der Waals surface area contributed by atoms with Gasteiger partial charge in [-0.1, -0.05) is 0 Å². The highest BCUT2D eigenvalue weighted by molar-refractivity contribution is 5.81. The highest BCUT2D eigenvalue weighted by atomic mass is 16.5. The summed E-state index contributed by atoms with van der Waals surface area (Å²) in [5.74, 6) is 1.15. The van der Waals surface area contributed by atoms with Gasteiger partial charge in [-0.3, -0.25) is 0 Å². The van der Waals surface area contributed by atoms with E-state index in [1.807, 2.05) is 22.9 Å². The molecule has 6 heteroatoms. The summed E-state index contributed by atoms with van der Waals surface area (Å²) in [7, 11) is 0. The molecule has 6 nitrogen and oxygen atoms in total. The molecule has 0 saturated carbocycles. The molecule has 3 heterocycles. The highest BCUT2D eigenvalue weighted by Crippen LogP contribution is 2.24. The zero-order valence-corrected chi connectivity index (χ0v) is 12.0. The molecule has 0 radical (unpaired) electrons. The van der Waals surface area contributed by atoms with Crippen LogP contribution in [0.4, 0.5) is 5.82 Å². The molecule has 0 spiro atoms. The first kappa shape index (κ1) is 13.1. The number of phenolic OH excluding ortho intramolecular Hbond substituents is 1. The molecule has 1 aromatic carbocycles. The molecule has 22 heavy (non-hydrogen) atoms. The van der Waals surface area contributed by atoms with Crippen molar-refractivity contribution < 1.29 is 9.84 Å². The van der Waals surface area contributed by atoms with E-state index in [4.69, 9.17) is 4.74 Å². The van der Waals surface area contributed by atoms with Gasteiger partial charge in [-0.2, -0.15) is 5.10 Å². The summed E-state index contributed by atoms with van der Waals surface area (Å²) in [4.78, 5) is 6.65. The smallest absolute Gasteiger partial charge is 0.130 e. The van der Waals surface area contributed by atoms with Gasteiger partial charge in [0.1, 0.15) is 11.6 Å². The van der Waals surface area contributed by atoms with Crippen LogP contribution in [0, 0.1) is 0 Å². The Morgan fingerprint density at radius 3 is 2.82 bits per heavy atom. The van der Waals surface area contributed by atoms with Crippen LogP contribution in [0.1, 0.15) is 0 Å². The fourth-order valence-corrected chi connectivity index (χ4v) is 2.72. The summed E-state index contributed by atoms with van der Waals surface area (Å²) in [5.41, 5.74) is 1.80. The van der Waals surface area contributed by atoms with Gasteiger partial charge in [0.2, 0.25) is 0 Å². The second-order valence-electron chi connectivity index (χ2n) is 5.27. The fraction of sp³-hybridized carbons (Fsp3) is 0.250. The highest BCUT2D eigenvalue weighted by Gasteiger charge is 2.14. The van der Waals surface area contributed by atoms with Crippen molar-refractivity contribution in [3.63, 3.8) is 0 Å². The van der Waals surface area contributed by atoms with Gasteiger partial charge in [0.25, 0.3) is 0 Å². The maximum Gasteiger partial charge on any atom is 0.130 e. The molecule has 1 N–H and O–H groups in total. The van der Waals surface area contributed by atoms with Crippen molar-refractivity contribution in [3.05, 3.63) is 42.7 Å². The van der Waals surface area contributed by atoms with Gasteiger partial charge in [-0.25, -0.2) is 9.67 Å². The van der Waals surface area contributed by atoms with Crippen LogP contribution in [-0.4, -0.2) is 46.2 Å². The van der Waals surface area contributed by atoms with E-state index in [1.54, 1.807) is 24.5 Å². The first-order chi connectivity index (χ1) is 10.8. The number of anilines is 1. The lowest BCUT2D eigenvalue weighted by Crippen LogP contribution is -2.36. The number of hydrogen-bond acceptors (Lipinski definition) is 5. The lowest BCUT2D eigenvalue weighted by Gasteiger charge is -2.28. The van der Waals surface area contributed by atoms with Crippen molar-refractivity contribution in [1.29, 1.82) is 0 Å². The topological polar surface area (TPSA) is 63.4 Å². The third kappa shape index (κ3) is 2.27. The number of hydrogen-bond donors (Lipinski definition) is 1. The second-order valence-corrected chi connectivity index (χ2v) is 5.27. The van der Waals surface area contributed by atoms with Crippen molar-refractivity contribution >= 4 is 16.7 Å². The van der Waals surface area contributed by atoms with Crippen LogP contribution in [0.5, 0.6) is 5.75 Å². The molecule has 0 atom stereocenters. The average molecular weight is 296 g/mol. The van der Waals surface area contributed by atoms with Crippen molar-refractivity contribution in [3.8, 4) is 11.4 Å². The van der Waals surface area contributed by atoms with E-state index in [9.17, 15) is 5.11 Å². The minimum atomic E-state index is 0.233. The molecule has 3 aromatic rings. The van der Waals surface area contributed by atoms with Gasteiger partial charge in [-0.15, -0.1) is 0 Å². The van der Waals surface area contributed by atoms with E-state index in [-0.39, 0.29) is 5.75 Å². The lowest BCUT2D eigenvalue weighted by atomic mass is 10.2. The van der Waals surface area contributed by atoms with Gasteiger partial charge < -0.3 is 14.7 Å². The Labute approximate surface area is 127 Å². The molecule has 1 aliphatic heterocycles. The number of fused-ring (bicyclic) bond motifs is 1. The van der Waals surface area contributed by atoms with Crippen LogP contribution >= 0.6 is 0 Å². The van der Waals surface area contributed by atoms with Crippen molar-refractivity contribution in [2.75, 3.05) is 31.2 Å². The van der Waals surface area contributed by atoms with Crippen molar-refractivity contribution in [2.24, 2.45) is 0 Å². The molecule has 1 aliphatic rings. The lowest BCUT2D eigenvalue weighted by molar-refractivity contribution is 0.122. The van der Waals surface area contributed by atoms with E-state index in [2.05, 4.69) is 15.0 Å². The summed E-state index contributed by atoms with van der Waals surface area (Å²) in [6, 6.07) is 9.18. The Morgan fingerprint density at radius 1 is 1.09 bits per heavy atom. The number of phenols is 1. The minimum Gasteiger partial charge on any atom is -0.508 e. The predicted octanol–water partition coefficient (Wildman–Crippen LogP) is 1.96. The predicted molar refractivity (Wildman–Crippen MR) is 83.6 cm³/mol. The zero-order chi connectivity index (χ0) is 14.9. The Bertz CT molecular complexity index is 809. The molecule has 0 amide bonds. The van der Waals surface area contributed by atoms with E-state index in [0.717, 1.165) is 48.7 Å². The van der Waals surface area contributed by atoms with Crippen LogP contribution in [0.2, 0.25) is 0 Å². The summed E-state index contributed by atoms with van der Waals surface area (Å²) in [5, 5.41) is 15.1. The monoisotopic (exact) mass is 296 g/mol. The van der Waals surface area contributed by atoms with Gasteiger partial charge in [0.15, 0.2) is 0 Å². The second kappa shape index (κ2) is 5.31. The van der Waals surface area contributed by atoms with Crippen LogP contribution < -0.4 is 4.90 Å². The molecule has 112 valence electrons. The summed E-state index contributed by atoms with van der Waals surface area (Å²) in [6.07, 6.45) is 3.58. The summed E-state index contributed by atoms with van der Waals surface area (Å²) in [6.45, 7) is 3.14. The first-order valence-corrected chi connectivity index (χ1v) is 7.27. The molecule has 1 saturated heterocycles. The number of benzene rings is 1. The van der Waals surface area contributed by atoms with Gasteiger partial charge in [0.05, 0.1) is 30.6 Å². The van der Waals surface area contributed by atoms with Crippen LogP contribution in [-0.2, 0) is 4.74 Å². The minimum absolute atomic E-state index is 0.233. The number of aromatic hydroxyl groups is 1. The first-order valence-electron chi connectivity index (χ1n) is 7.27. The number of rotatable bonds is 2. The van der Waals surface area contributed by atoms with Gasteiger partial charge >= 0.3 is 0 Å². The van der Waals surface area contributed by atoms with E-state index in [0.29, 0.717) is 0 Å². The molecule has 1 fully saturated rings. The number of nitrogens with zero attached hydrogens (tertiary/aromatic N) is 4. The van der Waals surface area contributed by atoms with Crippen molar-refractivity contribution in [1.82, 2.24) is 14.8 Å². The standard InChI is InChI=1S/C16H16N4O2/c21-14-2-1-12-11-18-20(15(12)10-14)13-3-4-17-16(9-13)19-5-7-22-8-6-19/h1-4,9-11,21H,5-8H2. The van der Waals surface area contributed by atoms with E-state index in [1.165, 1.54) is 0 Å². The molecule has 4 rings (SSSR count). The van der Waals surface area contributed by atoms with Crippen LogP contribution in [0.25, 0.3) is 16.6 Å². The largest absolute Gasteiger partial charge is 0.508 e.